The highest BCUT2D eigenvalue weighted by molar-refractivity contribution is 6.30. The molecule has 0 saturated heterocycles. The van der Waals surface area contributed by atoms with E-state index in [-0.39, 0.29) is 22.7 Å². The highest BCUT2D eigenvalue weighted by Crippen LogP contribution is 2.56. The smallest absolute Gasteiger partial charge is 0.397 e. The molecule has 4 rings (SSSR count). The first-order valence-electron chi connectivity index (χ1n) is 9.29. The number of alkyl halides is 5. The van der Waals surface area contributed by atoms with Crippen LogP contribution in [0.5, 0.6) is 0 Å². The van der Waals surface area contributed by atoms with E-state index in [1.807, 2.05) is 0 Å². The molecule has 1 aliphatic heterocycles. The maximum atomic E-state index is 14.7. The van der Waals surface area contributed by atoms with E-state index < -0.39 is 59.9 Å². The molecule has 1 aliphatic carbocycles. The topological polar surface area (TPSA) is 60.5 Å². The van der Waals surface area contributed by atoms with Gasteiger partial charge in [0, 0.05) is 17.7 Å². The first-order chi connectivity index (χ1) is 14.5. The summed E-state index contributed by atoms with van der Waals surface area (Å²) in [7, 11) is 0. The van der Waals surface area contributed by atoms with Crippen molar-refractivity contribution in [3.8, 4) is 0 Å². The summed E-state index contributed by atoms with van der Waals surface area (Å²) in [4.78, 5) is 7.48. The molecule has 2 aromatic rings. The Kier molecular flexibility index (Phi) is 5.31. The predicted octanol–water partition coefficient (Wildman–Crippen LogP) is 4.96. The second-order valence-electron chi connectivity index (χ2n) is 7.59. The van der Waals surface area contributed by atoms with Crippen molar-refractivity contribution in [2.45, 2.75) is 43.0 Å². The summed E-state index contributed by atoms with van der Waals surface area (Å²) in [6, 6.07) is 4.93. The van der Waals surface area contributed by atoms with Crippen molar-refractivity contribution in [1.29, 1.82) is 0 Å². The summed E-state index contributed by atoms with van der Waals surface area (Å²) in [6.45, 7) is 0. The van der Waals surface area contributed by atoms with Gasteiger partial charge in [0.2, 0.25) is 0 Å². The minimum atomic E-state index is -4.68. The zero-order chi connectivity index (χ0) is 22.6. The van der Waals surface area contributed by atoms with E-state index in [0.717, 1.165) is 30.5 Å². The fourth-order valence-electron chi connectivity index (χ4n) is 4.02. The van der Waals surface area contributed by atoms with E-state index in [0.29, 0.717) is 0 Å². The Morgan fingerprint density at radius 3 is 2.58 bits per heavy atom. The van der Waals surface area contributed by atoms with Crippen LogP contribution < -0.4 is 5.73 Å². The lowest BCUT2D eigenvalue weighted by atomic mass is 9.82. The molecule has 0 amide bonds. The van der Waals surface area contributed by atoms with E-state index in [1.54, 1.807) is 0 Å². The van der Waals surface area contributed by atoms with Crippen molar-refractivity contribution < 1.29 is 31.1 Å². The second-order valence-corrected chi connectivity index (χ2v) is 8.02. The Balaban J connectivity index is 1.75. The molecule has 4 nitrogen and oxygen atoms in total. The quantitative estimate of drug-likeness (QED) is 0.638. The molecule has 31 heavy (non-hydrogen) atoms. The van der Waals surface area contributed by atoms with Gasteiger partial charge in [-0.15, -0.1) is 0 Å². The number of nitrogens with zero attached hydrogens (tertiary/aromatic N) is 2. The Morgan fingerprint density at radius 2 is 1.97 bits per heavy atom. The Labute approximate surface area is 178 Å². The second kappa shape index (κ2) is 7.58. The number of hydrogen-bond acceptors (Lipinski definition) is 4. The van der Waals surface area contributed by atoms with E-state index >= 15 is 0 Å². The van der Waals surface area contributed by atoms with Crippen LogP contribution in [0, 0.1) is 11.7 Å². The first kappa shape index (κ1) is 21.7. The van der Waals surface area contributed by atoms with Crippen LogP contribution in [0.15, 0.2) is 41.5 Å². The Bertz CT molecular complexity index is 1010. The summed E-state index contributed by atoms with van der Waals surface area (Å²) in [6.07, 6.45) is -7.79. The molecule has 2 heterocycles. The van der Waals surface area contributed by atoms with Gasteiger partial charge in [-0.1, -0.05) is 23.7 Å². The van der Waals surface area contributed by atoms with E-state index in [9.17, 15) is 26.3 Å². The monoisotopic (exact) mass is 463 g/mol. The van der Waals surface area contributed by atoms with Gasteiger partial charge in [-0.2, -0.15) is 13.2 Å². The number of fused-ring (bicyclic) bond motifs is 1. The van der Waals surface area contributed by atoms with Gasteiger partial charge in [-0.25, -0.2) is 18.2 Å². The third kappa shape index (κ3) is 3.93. The van der Waals surface area contributed by atoms with Gasteiger partial charge >= 0.3 is 6.18 Å². The standard InChI is InChI=1S/C20H16ClF6N3O/c21-10-2-4-15(29-8-10)12(20(25,26)27)6-9-1-3-14(22)11(5-9)19(17(23)24)13-7-16(13)31-18(28)30-19/h1-5,8,12-13,16-17H,6-7H2,(H2,28,30)/t12-,13-,16+,19+/m0/s1. The minimum Gasteiger partial charge on any atom is -0.462 e. The van der Waals surface area contributed by atoms with Gasteiger partial charge in [0.05, 0.1) is 10.7 Å². The van der Waals surface area contributed by atoms with Crippen molar-refractivity contribution in [1.82, 2.24) is 4.98 Å². The van der Waals surface area contributed by atoms with Gasteiger partial charge in [0.15, 0.2) is 5.54 Å². The highest BCUT2D eigenvalue weighted by atomic mass is 35.5. The lowest BCUT2D eigenvalue weighted by Gasteiger charge is -2.33. The Hall–Kier alpha value is -2.49. The van der Waals surface area contributed by atoms with Crippen LogP contribution in [0.3, 0.4) is 0 Å². The maximum absolute atomic E-state index is 14.7. The fourth-order valence-corrected chi connectivity index (χ4v) is 4.14. The van der Waals surface area contributed by atoms with Crippen molar-refractivity contribution in [3.05, 3.63) is 64.2 Å². The number of rotatable bonds is 5. The lowest BCUT2D eigenvalue weighted by molar-refractivity contribution is -0.151. The molecule has 11 heteroatoms. The highest BCUT2D eigenvalue weighted by Gasteiger charge is 2.64. The predicted molar refractivity (Wildman–Crippen MR) is 100 cm³/mol. The number of ether oxygens (including phenoxy) is 1. The molecule has 0 bridgehead atoms. The number of halogens is 7. The molecule has 2 N–H and O–H groups in total. The number of amidine groups is 1. The van der Waals surface area contributed by atoms with Gasteiger partial charge in [-0.3, -0.25) is 4.98 Å². The van der Waals surface area contributed by atoms with Crippen LogP contribution in [0.1, 0.15) is 29.2 Å². The van der Waals surface area contributed by atoms with Gasteiger partial charge < -0.3 is 10.5 Å². The summed E-state index contributed by atoms with van der Waals surface area (Å²) < 4.78 is 89.4. The van der Waals surface area contributed by atoms with E-state index in [1.165, 1.54) is 6.07 Å². The largest absolute Gasteiger partial charge is 0.462 e. The van der Waals surface area contributed by atoms with Crippen LogP contribution in [0.2, 0.25) is 5.02 Å². The zero-order valence-electron chi connectivity index (χ0n) is 15.7. The van der Waals surface area contributed by atoms with Crippen molar-refractivity contribution in [2.24, 2.45) is 16.6 Å². The first-order valence-corrected chi connectivity index (χ1v) is 9.67. The molecular weight excluding hydrogens is 448 g/mol. The molecule has 1 fully saturated rings. The third-order valence-corrected chi connectivity index (χ3v) is 5.83. The van der Waals surface area contributed by atoms with Gasteiger partial charge in [-0.05, 0) is 36.6 Å². The summed E-state index contributed by atoms with van der Waals surface area (Å²) in [5, 5.41) is 0.168. The van der Waals surface area contributed by atoms with Crippen LogP contribution in [0.25, 0.3) is 0 Å². The molecule has 1 aromatic heterocycles. The number of aliphatic imine (C=N–C) groups is 1. The average molecular weight is 464 g/mol. The Morgan fingerprint density at radius 1 is 1.23 bits per heavy atom. The number of pyridine rings is 1. The summed E-state index contributed by atoms with van der Waals surface area (Å²) >= 11 is 5.70. The fraction of sp³-hybridized carbons (Fsp3) is 0.400. The molecule has 0 radical (unpaired) electrons. The van der Waals surface area contributed by atoms with Gasteiger partial charge in [0.25, 0.3) is 12.4 Å². The third-order valence-electron chi connectivity index (χ3n) is 5.60. The summed E-state index contributed by atoms with van der Waals surface area (Å²) in [5.41, 5.74) is 2.44. The summed E-state index contributed by atoms with van der Waals surface area (Å²) in [5.74, 6) is -3.86. The lowest BCUT2D eigenvalue weighted by Crippen LogP contribution is -2.43. The minimum absolute atomic E-state index is 0.00737. The van der Waals surface area contributed by atoms with Crippen LogP contribution >= 0.6 is 11.6 Å². The van der Waals surface area contributed by atoms with E-state index in [2.05, 4.69) is 9.98 Å². The molecule has 0 unspecified atom stereocenters. The van der Waals surface area contributed by atoms with Crippen molar-refractivity contribution in [2.75, 3.05) is 0 Å². The molecule has 2 aliphatic rings. The SMILES string of the molecule is NC1=N[C@@](c2cc(C[C@@H](c3ccc(Cl)cn3)C(F)(F)F)ccc2F)(C(F)F)[C@H]2C[C@H]2O1. The maximum Gasteiger partial charge on any atom is 0.397 e. The van der Waals surface area contributed by atoms with Crippen LogP contribution in [0.4, 0.5) is 26.3 Å². The average Bonchev–Trinajstić information content (AvgIpc) is 3.46. The van der Waals surface area contributed by atoms with Crippen molar-refractivity contribution in [3.63, 3.8) is 0 Å². The normalized spacial score (nSPS) is 26.1. The van der Waals surface area contributed by atoms with Crippen LogP contribution in [-0.2, 0) is 16.7 Å². The molecule has 1 aromatic carbocycles. The number of aromatic nitrogens is 1. The molecule has 0 spiro atoms. The van der Waals surface area contributed by atoms with E-state index in [4.69, 9.17) is 22.1 Å². The van der Waals surface area contributed by atoms with Gasteiger partial charge in [0.1, 0.15) is 17.8 Å². The molecular formula is C20H16ClF6N3O. The number of nitrogens with two attached hydrogens (primary N) is 1. The number of hydrogen-bond donors (Lipinski definition) is 1. The van der Waals surface area contributed by atoms with Crippen molar-refractivity contribution >= 4 is 17.6 Å². The van der Waals surface area contributed by atoms with Crippen LogP contribution in [-0.4, -0.2) is 29.7 Å². The molecule has 166 valence electrons. The molecule has 4 atom stereocenters. The zero-order valence-corrected chi connectivity index (χ0v) is 16.5. The number of benzene rings is 1. The molecule has 1 saturated carbocycles.